The van der Waals surface area contributed by atoms with Crippen molar-refractivity contribution in [3.8, 4) is 0 Å². The Labute approximate surface area is 108 Å². The fraction of sp³-hybridized carbons (Fsp3) is 0.455. The summed E-state index contributed by atoms with van der Waals surface area (Å²) >= 11 is 0. The lowest BCUT2D eigenvalue weighted by Crippen LogP contribution is -2.59. The number of hydrogen-bond acceptors (Lipinski definition) is 6. The van der Waals surface area contributed by atoms with Crippen LogP contribution in [0.1, 0.15) is 5.56 Å². The van der Waals surface area contributed by atoms with E-state index in [-0.39, 0.29) is 35.9 Å². The molecule has 1 aromatic rings. The summed E-state index contributed by atoms with van der Waals surface area (Å²) in [5, 5.41) is 19.1. The molecule has 3 rings (SSSR count). The minimum absolute atomic E-state index is 0.0312. The van der Waals surface area contributed by atoms with E-state index in [1.54, 1.807) is 12.3 Å². The Bertz CT molecular complexity index is 599. The van der Waals surface area contributed by atoms with E-state index in [9.17, 15) is 9.90 Å². The summed E-state index contributed by atoms with van der Waals surface area (Å²) < 4.78 is 5.55. The molecule has 0 radical (unpaired) electrons. The van der Waals surface area contributed by atoms with Crippen molar-refractivity contribution in [3.63, 3.8) is 0 Å². The summed E-state index contributed by atoms with van der Waals surface area (Å²) in [5.41, 5.74) is 5.67. The van der Waals surface area contributed by atoms with Gasteiger partial charge >= 0.3 is 0 Å². The van der Waals surface area contributed by atoms with Gasteiger partial charge in [0.05, 0.1) is 6.61 Å². The second-order valence-corrected chi connectivity index (χ2v) is 4.80. The first kappa shape index (κ1) is 12.3. The molecule has 3 atom stereocenters. The number of nitrogens with one attached hydrogen (secondary N) is 1. The van der Waals surface area contributed by atoms with E-state index in [2.05, 4.69) is 9.97 Å². The van der Waals surface area contributed by atoms with Crippen LogP contribution in [0.15, 0.2) is 11.0 Å². The van der Waals surface area contributed by atoms with Crippen LogP contribution in [-0.4, -0.2) is 52.3 Å². The molecular formula is C11H15N4O4+. The number of hydrogen-bond donors (Lipinski definition) is 4. The highest BCUT2D eigenvalue weighted by Gasteiger charge is 2.46. The Morgan fingerprint density at radius 1 is 1.63 bits per heavy atom. The second-order valence-electron chi connectivity index (χ2n) is 4.80. The molecule has 1 fully saturated rings. The van der Waals surface area contributed by atoms with Gasteiger partial charge in [-0.1, -0.05) is 0 Å². The number of ether oxygens (including phenoxy) is 1. The standard InChI is InChI=1S/C11H14N4O4/c12-11-13-9-6(10(18)14-11)1-2-15(9)3-7(17)8(4-16)19-5-15/h1-2,7-8,16-17H,3-5H2,(H2-,12,13,14,18)/p+1/t7-,8+,15?/m0/s1. The van der Waals surface area contributed by atoms with Gasteiger partial charge in [-0.2, -0.15) is 4.98 Å². The maximum absolute atomic E-state index is 11.8. The molecular weight excluding hydrogens is 252 g/mol. The Kier molecular flexibility index (Phi) is 2.68. The first-order valence-corrected chi connectivity index (χ1v) is 5.92. The zero-order chi connectivity index (χ0) is 13.6. The van der Waals surface area contributed by atoms with Gasteiger partial charge in [0.15, 0.2) is 6.73 Å². The van der Waals surface area contributed by atoms with Crippen molar-refractivity contribution >= 4 is 17.8 Å². The molecule has 8 heteroatoms. The van der Waals surface area contributed by atoms with E-state index in [0.717, 1.165) is 0 Å². The lowest BCUT2D eigenvalue weighted by atomic mass is 10.1. The van der Waals surface area contributed by atoms with E-state index in [1.807, 2.05) is 0 Å². The number of aliphatic hydroxyl groups is 2. The number of nitrogens with zero attached hydrogens (tertiary/aromatic N) is 2. The van der Waals surface area contributed by atoms with E-state index >= 15 is 0 Å². The fourth-order valence-corrected chi connectivity index (χ4v) is 2.53. The van der Waals surface area contributed by atoms with Crippen LogP contribution in [0.25, 0.3) is 6.08 Å². The number of aliphatic hydroxyl groups excluding tert-OH is 2. The highest BCUT2D eigenvalue weighted by atomic mass is 16.5. The van der Waals surface area contributed by atoms with Gasteiger partial charge in [-0.15, -0.1) is 0 Å². The van der Waals surface area contributed by atoms with Gasteiger partial charge in [0.2, 0.25) is 5.95 Å². The van der Waals surface area contributed by atoms with Crippen LogP contribution in [0.2, 0.25) is 0 Å². The van der Waals surface area contributed by atoms with Gasteiger partial charge in [-0.3, -0.25) is 9.78 Å². The van der Waals surface area contributed by atoms with Crippen LogP contribution in [0.3, 0.4) is 0 Å². The minimum atomic E-state index is -0.836. The lowest BCUT2D eigenvalue weighted by molar-refractivity contribution is -0.132. The molecule has 1 saturated heterocycles. The number of anilines is 1. The van der Waals surface area contributed by atoms with Crippen molar-refractivity contribution in [1.29, 1.82) is 0 Å². The number of quaternary nitrogens is 1. The zero-order valence-electron chi connectivity index (χ0n) is 10.1. The molecule has 1 spiro atoms. The lowest BCUT2D eigenvalue weighted by Gasteiger charge is -2.39. The third-order valence-corrected chi connectivity index (χ3v) is 3.54. The highest BCUT2D eigenvalue weighted by Crippen LogP contribution is 2.34. The van der Waals surface area contributed by atoms with Gasteiger partial charge < -0.3 is 20.7 Å². The third kappa shape index (κ3) is 1.77. The minimum Gasteiger partial charge on any atom is -0.394 e. The number of aromatic amines is 1. The summed E-state index contributed by atoms with van der Waals surface area (Å²) in [6.07, 6.45) is 1.95. The fourth-order valence-electron chi connectivity index (χ4n) is 2.53. The number of nitrogen functional groups attached to an aromatic ring is 1. The van der Waals surface area contributed by atoms with Crippen LogP contribution >= 0.6 is 0 Å². The van der Waals surface area contributed by atoms with Crippen LogP contribution in [0.5, 0.6) is 0 Å². The largest absolute Gasteiger partial charge is 0.394 e. The number of rotatable bonds is 1. The Morgan fingerprint density at radius 3 is 3.11 bits per heavy atom. The molecule has 0 aromatic carbocycles. The van der Waals surface area contributed by atoms with Crippen molar-refractivity contribution in [2.45, 2.75) is 12.2 Å². The van der Waals surface area contributed by atoms with Gasteiger partial charge in [0.1, 0.15) is 30.5 Å². The summed E-state index contributed by atoms with van der Waals surface area (Å²) in [6.45, 7) is 0.231. The molecule has 0 amide bonds. The predicted octanol–water partition coefficient (Wildman–Crippen LogP) is -1.65. The highest BCUT2D eigenvalue weighted by molar-refractivity contribution is 5.70. The predicted molar refractivity (Wildman–Crippen MR) is 67.8 cm³/mol. The molecule has 5 N–H and O–H groups in total. The van der Waals surface area contributed by atoms with E-state index in [0.29, 0.717) is 11.4 Å². The van der Waals surface area contributed by atoms with E-state index in [4.69, 9.17) is 15.6 Å². The topological polar surface area (TPSA) is 121 Å². The molecule has 2 aliphatic heterocycles. The van der Waals surface area contributed by atoms with Gasteiger partial charge in [0.25, 0.3) is 11.4 Å². The van der Waals surface area contributed by atoms with Crippen molar-refractivity contribution in [1.82, 2.24) is 14.5 Å². The Morgan fingerprint density at radius 2 is 2.42 bits per heavy atom. The average Bonchev–Trinajstić information content (AvgIpc) is 2.69. The second kappa shape index (κ2) is 4.14. The van der Waals surface area contributed by atoms with Crippen molar-refractivity contribution < 1.29 is 14.9 Å². The smallest absolute Gasteiger partial charge is 0.266 e. The maximum atomic E-state index is 11.8. The molecule has 1 unspecified atom stereocenters. The molecule has 1 aromatic heterocycles. The summed E-state index contributed by atoms with van der Waals surface area (Å²) in [7, 11) is 0. The third-order valence-electron chi connectivity index (χ3n) is 3.54. The van der Waals surface area contributed by atoms with Crippen LogP contribution < -0.4 is 15.8 Å². The first-order chi connectivity index (χ1) is 9.05. The number of nitrogens with two attached hydrogens (primary N) is 1. The maximum Gasteiger partial charge on any atom is 0.266 e. The zero-order valence-corrected chi connectivity index (χ0v) is 10.1. The first-order valence-electron chi connectivity index (χ1n) is 5.92. The Balaban J connectivity index is 2.03. The monoisotopic (exact) mass is 267 g/mol. The van der Waals surface area contributed by atoms with Crippen molar-refractivity contribution in [2.75, 3.05) is 25.6 Å². The van der Waals surface area contributed by atoms with Gasteiger partial charge in [-0.05, 0) is 0 Å². The van der Waals surface area contributed by atoms with Crippen LogP contribution in [0.4, 0.5) is 11.8 Å². The average molecular weight is 267 g/mol. The summed E-state index contributed by atoms with van der Waals surface area (Å²) in [6, 6.07) is 0. The van der Waals surface area contributed by atoms with Crippen molar-refractivity contribution in [2.24, 2.45) is 0 Å². The van der Waals surface area contributed by atoms with Crippen LogP contribution in [0, 0.1) is 0 Å². The van der Waals surface area contributed by atoms with E-state index in [1.165, 1.54) is 0 Å². The number of aromatic nitrogens is 2. The normalized spacial score (nSPS) is 32.7. The quantitative estimate of drug-likeness (QED) is 0.452. The number of H-pyrrole nitrogens is 1. The van der Waals surface area contributed by atoms with E-state index < -0.39 is 12.2 Å². The molecule has 8 nitrogen and oxygen atoms in total. The number of fused-ring (bicyclic) bond motifs is 2. The Hall–Kier alpha value is -1.74. The molecule has 3 heterocycles. The summed E-state index contributed by atoms with van der Waals surface area (Å²) in [4.78, 5) is 18.4. The molecule has 2 aliphatic rings. The van der Waals surface area contributed by atoms with Crippen LogP contribution in [-0.2, 0) is 4.74 Å². The molecule has 0 aliphatic carbocycles. The molecule has 19 heavy (non-hydrogen) atoms. The van der Waals surface area contributed by atoms with Gasteiger partial charge in [0, 0.05) is 6.08 Å². The molecule has 102 valence electrons. The SMILES string of the molecule is Nc1nc2c(c(=O)[nH]1)C=C[N+]21CO[C@H](CO)[C@@H](O)C1. The van der Waals surface area contributed by atoms with Crippen molar-refractivity contribution in [3.05, 3.63) is 22.1 Å². The summed E-state index contributed by atoms with van der Waals surface area (Å²) in [5.74, 6) is 0.500. The molecule has 0 bridgehead atoms. The van der Waals surface area contributed by atoms with Gasteiger partial charge in [-0.25, -0.2) is 4.48 Å². The molecule has 0 saturated carbocycles.